The van der Waals surface area contributed by atoms with Gasteiger partial charge in [0, 0.05) is 0 Å². The quantitative estimate of drug-likeness (QED) is 0.750. The highest BCUT2D eigenvalue weighted by atomic mass is 35.5. The number of carbonyl (C=O) groups excluding carboxylic acids is 2. The third-order valence-electron chi connectivity index (χ3n) is 3.80. The van der Waals surface area contributed by atoms with E-state index in [4.69, 9.17) is 21.1 Å². The molecular formula is C18H12ClNO4S. The Morgan fingerprint density at radius 2 is 1.96 bits per heavy atom. The van der Waals surface area contributed by atoms with Crippen LogP contribution in [0.3, 0.4) is 0 Å². The zero-order chi connectivity index (χ0) is 17.4. The summed E-state index contributed by atoms with van der Waals surface area (Å²) in [6.07, 6.45) is 1.64. The Morgan fingerprint density at radius 3 is 2.76 bits per heavy atom. The van der Waals surface area contributed by atoms with E-state index >= 15 is 0 Å². The second-order valence-electron chi connectivity index (χ2n) is 5.49. The van der Waals surface area contributed by atoms with Crippen LogP contribution in [0.4, 0.5) is 4.79 Å². The molecule has 2 aliphatic heterocycles. The van der Waals surface area contributed by atoms with E-state index in [1.165, 1.54) is 4.90 Å². The lowest BCUT2D eigenvalue weighted by molar-refractivity contribution is -0.123. The van der Waals surface area contributed by atoms with Gasteiger partial charge >= 0.3 is 0 Å². The van der Waals surface area contributed by atoms with Crippen LogP contribution in [0.1, 0.15) is 11.1 Å². The number of hydrogen-bond donors (Lipinski definition) is 0. The number of benzene rings is 2. The minimum absolute atomic E-state index is 0.117. The topological polar surface area (TPSA) is 55.8 Å². The summed E-state index contributed by atoms with van der Waals surface area (Å²) in [4.78, 5) is 26.4. The van der Waals surface area contributed by atoms with Crippen LogP contribution in [0.5, 0.6) is 11.5 Å². The lowest BCUT2D eigenvalue weighted by Crippen LogP contribution is -2.27. The first kappa shape index (κ1) is 16.1. The van der Waals surface area contributed by atoms with Gasteiger partial charge in [0.05, 0.1) is 16.5 Å². The Labute approximate surface area is 153 Å². The van der Waals surface area contributed by atoms with Crippen molar-refractivity contribution in [1.29, 1.82) is 0 Å². The van der Waals surface area contributed by atoms with Gasteiger partial charge in [0.15, 0.2) is 11.5 Å². The van der Waals surface area contributed by atoms with E-state index in [0.717, 1.165) is 17.3 Å². The van der Waals surface area contributed by atoms with Crippen molar-refractivity contribution in [2.24, 2.45) is 0 Å². The lowest BCUT2D eigenvalue weighted by atomic mass is 10.1. The second-order valence-corrected chi connectivity index (χ2v) is 6.89. The van der Waals surface area contributed by atoms with Crippen molar-refractivity contribution < 1.29 is 19.1 Å². The summed E-state index contributed by atoms with van der Waals surface area (Å²) in [7, 11) is 0. The van der Waals surface area contributed by atoms with E-state index in [2.05, 4.69) is 0 Å². The first-order valence-corrected chi connectivity index (χ1v) is 8.70. The average Bonchev–Trinajstić information content (AvgIpc) is 3.17. The van der Waals surface area contributed by atoms with Gasteiger partial charge in [-0.05, 0) is 41.1 Å². The first-order chi connectivity index (χ1) is 12.1. The number of fused-ring (bicyclic) bond motifs is 1. The molecule has 0 aromatic heterocycles. The summed E-state index contributed by atoms with van der Waals surface area (Å²) >= 11 is 7.08. The van der Waals surface area contributed by atoms with Gasteiger partial charge < -0.3 is 9.47 Å². The molecule has 2 amide bonds. The van der Waals surface area contributed by atoms with Crippen LogP contribution in [-0.2, 0) is 11.3 Å². The summed E-state index contributed by atoms with van der Waals surface area (Å²) in [6.45, 7) is 0.372. The van der Waals surface area contributed by atoms with Crippen molar-refractivity contribution in [2.75, 3.05) is 6.79 Å². The van der Waals surface area contributed by atoms with Crippen molar-refractivity contribution in [3.05, 3.63) is 63.5 Å². The smallest absolute Gasteiger partial charge is 0.293 e. The maximum atomic E-state index is 12.6. The molecule has 5 nitrogen and oxygen atoms in total. The van der Waals surface area contributed by atoms with Gasteiger partial charge in [-0.25, -0.2) is 0 Å². The Hall–Kier alpha value is -2.44. The molecule has 0 unspecified atom stereocenters. The Bertz CT molecular complexity index is 897. The maximum absolute atomic E-state index is 12.6. The van der Waals surface area contributed by atoms with Crippen molar-refractivity contribution in [3.8, 4) is 11.5 Å². The van der Waals surface area contributed by atoms with E-state index in [-0.39, 0.29) is 24.5 Å². The van der Waals surface area contributed by atoms with Gasteiger partial charge in [-0.1, -0.05) is 41.9 Å². The molecule has 4 rings (SSSR count). The molecule has 0 radical (unpaired) electrons. The number of amides is 2. The number of rotatable bonds is 3. The van der Waals surface area contributed by atoms with Crippen LogP contribution < -0.4 is 9.47 Å². The first-order valence-electron chi connectivity index (χ1n) is 7.50. The SMILES string of the molecule is O=C1S/C(=C\c2cc(Cl)c3c(c2)OCO3)C(=O)N1Cc1ccccc1. The van der Waals surface area contributed by atoms with E-state index in [1.807, 2.05) is 30.3 Å². The molecular weight excluding hydrogens is 362 g/mol. The number of imide groups is 1. The fourth-order valence-electron chi connectivity index (χ4n) is 2.62. The summed E-state index contributed by atoms with van der Waals surface area (Å²) in [5.74, 6) is 0.714. The van der Waals surface area contributed by atoms with E-state index in [9.17, 15) is 9.59 Å². The average molecular weight is 374 g/mol. The van der Waals surface area contributed by atoms with E-state index < -0.39 is 0 Å². The number of thioether (sulfide) groups is 1. The van der Waals surface area contributed by atoms with Gasteiger partial charge in [0.2, 0.25) is 6.79 Å². The van der Waals surface area contributed by atoms with Crippen molar-refractivity contribution in [3.63, 3.8) is 0 Å². The fourth-order valence-corrected chi connectivity index (χ4v) is 3.74. The maximum Gasteiger partial charge on any atom is 0.293 e. The molecule has 0 aliphatic carbocycles. The summed E-state index contributed by atoms with van der Waals surface area (Å²) in [5, 5.41) is 0.122. The van der Waals surface area contributed by atoms with Crippen molar-refractivity contribution in [2.45, 2.75) is 6.54 Å². The molecule has 2 aromatic rings. The fraction of sp³-hybridized carbons (Fsp3) is 0.111. The highest BCUT2D eigenvalue weighted by molar-refractivity contribution is 8.18. The molecule has 25 heavy (non-hydrogen) atoms. The van der Waals surface area contributed by atoms with Crippen LogP contribution in [-0.4, -0.2) is 22.8 Å². The highest BCUT2D eigenvalue weighted by Crippen LogP contribution is 2.41. The third-order valence-corrected chi connectivity index (χ3v) is 4.99. The van der Waals surface area contributed by atoms with Crippen LogP contribution in [0.25, 0.3) is 6.08 Å². The van der Waals surface area contributed by atoms with Crippen molar-refractivity contribution in [1.82, 2.24) is 4.90 Å². The third kappa shape index (κ3) is 3.10. The molecule has 2 aromatic carbocycles. The molecule has 7 heteroatoms. The molecule has 0 bridgehead atoms. The minimum Gasteiger partial charge on any atom is -0.454 e. The Balaban J connectivity index is 1.59. The van der Waals surface area contributed by atoms with E-state index in [1.54, 1.807) is 18.2 Å². The van der Waals surface area contributed by atoms with Crippen LogP contribution in [0, 0.1) is 0 Å². The minimum atomic E-state index is -0.312. The number of halogens is 1. The lowest BCUT2D eigenvalue weighted by Gasteiger charge is -2.12. The summed E-state index contributed by atoms with van der Waals surface area (Å²) in [6, 6.07) is 12.8. The standard InChI is InChI=1S/C18H12ClNO4S/c19-13-6-12(7-14-16(13)24-10-23-14)8-15-17(21)20(18(22)25-15)9-11-4-2-1-3-5-11/h1-8H,9-10H2/b15-8-. The number of ether oxygens (including phenoxy) is 2. The predicted octanol–water partition coefficient (Wildman–Crippen LogP) is 4.31. The normalized spacial score (nSPS) is 17.6. The second kappa shape index (κ2) is 6.46. The molecule has 126 valence electrons. The van der Waals surface area contributed by atoms with E-state index in [0.29, 0.717) is 27.0 Å². The molecule has 2 heterocycles. The van der Waals surface area contributed by atoms with Crippen LogP contribution >= 0.6 is 23.4 Å². The van der Waals surface area contributed by atoms with Gasteiger partial charge in [-0.15, -0.1) is 0 Å². The number of hydrogen-bond acceptors (Lipinski definition) is 5. The molecule has 0 N–H and O–H groups in total. The molecule has 1 fully saturated rings. The summed E-state index contributed by atoms with van der Waals surface area (Å²) < 4.78 is 10.6. The molecule has 0 atom stereocenters. The molecule has 2 aliphatic rings. The van der Waals surface area contributed by atoms with Crippen molar-refractivity contribution >= 4 is 40.6 Å². The number of carbonyl (C=O) groups is 2. The molecule has 0 spiro atoms. The monoisotopic (exact) mass is 373 g/mol. The zero-order valence-electron chi connectivity index (χ0n) is 12.9. The van der Waals surface area contributed by atoms with Gasteiger partial charge in [-0.3, -0.25) is 14.5 Å². The largest absolute Gasteiger partial charge is 0.454 e. The summed E-state index contributed by atoms with van der Waals surface area (Å²) in [5.41, 5.74) is 1.58. The molecule has 0 saturated carbocycles. The highest BCUT2D eigenvalue weighted by Gasteiger charge is 2.35. The number of nitrogens with zero attached hydrogens (tertiary/aromatic N) is 1. The zero-order valence-corrected chi connectivity index (χ0v) is 14.5. The van der Waals surface area contributed by atoms with Gasteiger partial charge in [0.25, 0.3) is 11.1 Å². The van der Waals surface area contributed by atoms with Crippen LogP contribution in [0.15, 0.2) is 47.4 Å². The van der Waals surface area contributed by atoms with Gasteiger partial charge in [-0.2, -0.15) is 0 Å². The van der Waals surface area contributed by atoms with Crippen LogP contribution in [0.2, 0.25) is 5.02 Å². The predicted molar refractivity (Wildman–Crippen MR) is 95.5 cm³/mol. The Kier molecular flexibility index (Phi) is 4.15. The molecule has 1 saturated heterocycles. The van der Waals surface area contributed by atoms with Gasteiger partial charge in [0.1, 0.15) is 0 Å². The Morgan fingerprint density at radius 1 is 1.16 bits per heavy atom.